The maximum absolute atomic E-state index is 13.5. The first-order valence-corrected chi connectivity index (χ1v) is 6.51. The summed E-state index contributed by atoms with van der Waals surface area (Å²) in [5.74, 6) is -0.208. The lowest BCUT2D eigenvalue weighted by Gasteiger charge is -2.11. The Labute approximate surface area is 111 Å². The lowest BCUT2D eigenvalue weighted by atomic mass is 10.0. The number of halogens is 2. The summed E-state index contributed by atoms with van der Waals surface area (Å²) < 4.78 is 26.6. The fourth-order valence-electron chi connectivity index (χ4n) is 2.31. The van der Waals surface area contributed by atoms with Gasteiger partial charge in [0.2, 0.25) is 0 Å². The summed E-state index contributed by atoms with van der Waals surface area (Å²) in [5, 5.41) is 2.98. The molecule has 1 saturated carbocycles. The molecule has 0 unspecified atom stereocenters. The topological polar surface area (TPSA) is 12.0 Å². The molecule has 3 rings (SSSR count). The Kier molecular flexibility index (Phi) is 3.20. The van der Waals surface area contributed by atoms with Crippen LogP contribution in [0.2, 0.25) is 0 Å². The van der Waals surface area contributed by atoms with Gasteiger partial charge < -0.3 is 5.32 Å². The van der Waals surface area contributed by atoms with Crippen LogP contribution in [0, 0.1) is 11.6 Å². The molecule has 2 aromatic carbocycles. The maximum Gasteiger partial charge on any atom is 0.146 e. The predicted molar refractivity (Wildman–Crippen MR) is 72.1 cm³/mol. The van der Waals surface area contributed by atoms with Gasteiger partial charge in [-0.2, -0.15) is 0 Å². The van der Waals surface area contributed by atoms with Crippen LogP contribution in [0.15, 0.2) is 42.5 Å². The highest BCUT2D eigenvalue weighted by molar-refractivity contribution is 5.46. The average Bonchev–Trinajstić information content (AvgIpc) is 3.25. The molecule has 0 spiro atoms. The fourth-order valence-corrected chi connectivity index (χ4v) is 2.31. The first-order chi connectivity index (χ1) is 9.24. The molecule has 0 atom stereocenters. The van der Waals surface area contributed by atoms with E-state index < -0.39 is 11.6 Å². The van der Waals surface area contributed by atoms with Crippen molar-refractivity contribution >= 4 is 5.69 Å². The minimum Gasteiger partial charge on any atom is -0.379 e. The minimum atomic E-state index is -0.431. The smallest absolute Gasteiger partial charge is 0.146 e. The van der Waals surface area contributed by atoms with E-state index in [0.717, 1.165) is 17.7 Å². The van der Waals surface area contributed by atoms with Crippen LogP contribution in [0.3, 0.4) is 0 Å². The van der Waals surface area contributed by atoms with Crippen molar-refractivity contribution in [3.8, 4) is 0 Å². The zero-order valence-corrected chi connectivity index (χ0v) is 10.5. The summed E-state index contributed by atoms with van der Waals surface area (Å²) >= 11 is 0. The monoisotopic (exact) mass is 259 g/mol. The standard InChI is InChI=1S/C16H15F2N/c17-13-7-8-15(18)16(9-13)19-10-12-3-1-2-4-14(12)11-5-6-11/h1-4,7-9,11,19H,5-6,10H2. The third kappa shape index (κ3) is 2.75. The number of nitrogens with one attached hydrogen (secondary N) is 1. The normalized spacial score (nSPS) is 14.4. The van der Waals surface area contributed by atoms with Crippen LogP contribution in [0.4, 0.5) is 14.5 Å². The van der Waals surface area contributed by atoms with Crippen LogP contribution >= 0.6 is 0 Å². The van der Waals surface area contributed by atoms with Gasteiger partial charge in [0.05, 0.1) is 5.69 Å². The Hall–Kier alpha value is -1.90. The van der Waals surface area contributed by atoms with Gasteiger partial charge in [0.1, 0.15) is 11.6 Å². The molecule has 0 radical (unpaired) electrons. The van der Waals surface area contributed by atoms with E-state index in [9.17, 15) is 8.78 Å². The quantitative estimate of drug-likeness (QED) is 0.855. The van der Waals surface area contributed by atoms with Crippen molar-refractivity contribution in [3.05, 3.63) is 65.2 Å². The Morgan fingerprint density at radius 2 is 1.84 bits per heavy atom. The Bertz CT molecular complexity index is 591. The van der Waals surface area contributed by atoms with Crippen molar-refractivity contribution in [3.63, 3.8) is 0 Å². The second-order valence-corrected chi connectivity index (χ2v) is 4.95. The van der Waals surface area contributed by atoms with Gasteiger partial charge in [-0.1, -0.05) is 24.3 Å². The third-order valence-corrected chi connectivity index (χ3v) is 3.47. The zero-order valence-electron chi connectivity index (χ0n) is 10.5. The van der Waals surface area contributed by atoms with Gasteiger partial charge in [0, 0.05) is 6.54 Å². The van der Waals surface area contributed by atoms with Crippen molar-refractivity contribution in [2.75, 3.05) is 5.32 Å². The molecule has 1 aliphatic rings. The number of hydrogen-bond acceptors (Lipinski definition) is 1. The highest BCUT2D eigenvalue weighted by atomic mass is 19.1. The number of anilines is 1. The molecule has 0 bridgehead atoms. The molecule has 19 heavy (non-hydrogen) atoms. The number of hydrogen-bond donors (Lipinski definition) is 1. The number of benzene rings is 2. The van der Waals surface area contributed by atoms with E-state index in [1.165, 1.54) is 24.5 Å². The van der Waals surface area contributed by atoms with Crippen molar-refractivity contribution in [1.82, 2.24) is 0 Å². The van der Waals surface area contributed by atoms with Gasteiger partial charge >= 0.3 is 0 Å². The maximum atomic E-state index is 13.5. The summed E-state index contributed by atoms with van der Waals surface area (Å²) in [6, 6.07) is 11.6. The molecule has 98 valence electrons. The molecule has 3 heteroatoms. The SMILES string of the molecule is Fc1ccc(F)c(NCc2ccccc2C2CC2)c1. The molecule has 1 N–H and O–H groups in total. The van der Waals surface area contributed by atoms with Crippen LogP contribution in [0.25, 0.3) is 0 Å². The van der Waals surface area contributed by atoms with Gasteiger partial charge in [-0.25, -0.2) is 8.78 Å². The van der Waals surface area contributed by atoms with E-state index >= 15 is 0 Å². The highest BCUT2D eigenvalue weighted by Crippen LogP contribution is 2.41. The van der Waals surface area contributed by atoms with Crippen molar-refractivity contribution < 1.29 is 8.78 Å². The summed E-state index contributed by atoms with van der Waals surface area (Å²) in [7, 11) is 0. The van der Waals surface area contributed by atoms with Crippen LogP contribution < -0.4 is 5.32 Å². The molecular weight excluding hydrogens is 244 g/mol. The van der Waals surface area contributed by atoms with Crippen molar-refractivity contribution in [2.45, 2.75) is 25.3 Å². The molecule has 1 fully saturated rings. The van der Waals surface area contributed by atoms with Crippen LogP contribution in [-0.4, -0.2) is 0 Å². The molecular formula is C16H15F2N. The average molecular weight is 259 g/mol. The zero-order chi connectivity index (χ0) is 13.2. The summed E-state index contributed by atoms with van der Waals surface area (Å²) in [5.41, 5.74) is 2.70. The van der Waals surface area contributed by atoms with E-state index in [4.69, 9.17) is 0 Å². The molecule has 2 aromatic rings. The summed E-state index contributed by atoms with van der Waals surface area (Å²) in [6.45, 7) is 0.521. The van der Waals surface area contributed by atoms with E-state index in [1.807, 2.05) is 18.2 Å². The number of rotatable bonds is 4. The molecule has 0 heterocycles. The van der Waals surface area contributed by atoms with E-state index in [2.05, 4.69) is 11.4 Å². The molecule has 1 aliphatic carbocycles. The second-order valence-electron chi connectivity index (χ2n) is 4.95. The van der Waals surface area contributed by atoms with Crippen molar-refractivity contribution in [1.29, 1.82) is 0 Å². The van der Waals surface area contributed by atoms with E-state index in [0.29, 0.717) is 12.5 Å². The Balaban J connectivity index is 1.77. The first-order valence-electron chi connectivity index (χ1n) is 6.51. The van der Waals surface area contributed by atoms with Gasteiger partial charge in [0.25, 0.3) is 0 Å². The van der Waals surface area contributed by atoms with Gasteiger partial charge in [-0.3, -0.25) is 0 Å². The highest BCUT2D eigenvalue weighted by Gasteiger charge is 2.25. The molecule has 0 saturated heterocycles. The van der Waals surface area contributed by atoms with Crippen molar-refractivity contribution in [2.24, 2.45) is 0 Å². The lowest BCUT2D eigenvalue weighted by molar-refractivity contribution is 0.602. The molecule has 0 aromatic heterocycles. The molecule has 0 aliphatic heterocycles. The summed E-state index contributed by atoms with van der Waals surface area (Å²) in [6.07, 6.45) is 2.46. The largest absolute Gasteiger partial charge is 0.379 e. The summed E-state index contributed by atoms with van der Waals surface area (Å²) in [4.78, 5) is 0. The second kappa shape index (κ2) is 5.00. The minimum absolute atomic E-state index is 0.214. The van der Waals surface area contributed by atoms with Crippen LogP contribution in [0.5, 0.6) is 0 Å². The molecule has 1 nitrogen and oxygen atoms in total. The van der Waals surface area contributed by atoms with E-state index in [-0.39, 0.29) is 5.69 Å². The third-order valence-electron chi connectivity index (χ3n) is 3.47. The fraction of sp³-hybridized carbons (Fsp3) is 0.250. The van der Waals surface area contributed by atoms with Crippen LogP contribution in [0.1, 0.15) is 29.9 Å². The predicted octanol–water partition coefficient (Wildman–Crippen LogP) is 4.45. The van der Waals surface area contributed by atoms with Crippen LogP contribution in [-0.2, 0) is 6.54 Å². The lowest BCUT2D eigenvalue weighted by Crippen LogP contribution is -2.04. The molecule has 0 amide bonds. The van der Waals surface area contributed by atoms with Gasteiger partial charge in [-0.05, 0) is 48.1 Å². The van der Waals surface area contributed by atoms with Gasteiger partial charge in [-0.15, -0.1) is 0 Å². The first kappa shape index (κ1) is 12.2. The Morgan fingerprint density at radius 3 is 2.63 bits per heavy atom. The van der Waals surface area contributed by atoms with Gasteiger partial charge in [0.15, 0.2) is 0 Å². The Morgan fingerprint density at radius 1 is 1.05 bits per heavy atom. The van der Waals surface area contributed by atoms with E-state index in [1.54, 1.807) is 0 Å².